The lowest BCUT2D eigenvalue weighted by Gasteiger charge is -2.22. The number of hydrogen-bond donors (Lipinski definition) is 2. The van der Waals surface area contributed by atoms with E-state index in [2.05, 4.69) is 15.6 Å². The van der Waals surface area contributed by atoms with E-state index < -0.39 is 0 Å². The molecule has 2 amide bonds. The number of nitrogens with zero attached hydrogens (tertiary/aromatic N) is 2. The van der Waals surface area contributed by atoms with Crippen LogP contribution in [0.25, 0.3) is 0 Å². The summed E-state index contributed by atoms with van der Waals surface area (Å²) in [6.45, 7) is 6.95. The molecule has 138 valence electrons. The Balaban J connectivity index is 1.82. The number of carbonyl (C=O) groups excluding carboxylic acids is 2. The molecule has 0 saturated heterocycles. The Labute approximate surface area is 154 Å². The van der Waals surface area contributed by atoms with Gasteiger partial charge in [-0.3, -0.25) is 9.59 Å². The molecule has 0 atom stereocenters. The Morgan fingerprint density at radius 2 is 1.85 bits per heavy atom. The minimum atomic E-state index is -0.353. The fourth-order valence-corrected chi connectivity index (χ4v) is 3.16. The summed E-state index contributed by atoms with van der Waals surface area (Å²) in [5.41, 5.74) is 1.91. The molecular weight excluding hydrogens is 328 g/mol. The van der Waals surface area contributed by atoms with Crippen molar-refractivity contribution in [3.8, 4) is 0 Å². The summed E-state index contributed by atoms with van der Waals surface area (Å²) in [7, 11) is 0. The van der Waals surface area contributed by atoms with Gasteiger partial charge in [-0.15, -0.1) is 0 Å². The highest BCUT2D eigenvalue weighted by Crippen LogP contribution is 2.21. The largest absolute Gasteiger partial charge is 0.347 e. The molecule has 26 heavy (non-hydrogen) atoms. The highest BCUT2D eigenvalue weighted by atomic mass is 16.2. The summed E-state index contributed by atoms with van der Waals surface area (Å²) < 4.78 is 1.90. The van der Waals surface area contributed by atoms with E-state index >= 15 is 0 Å². The molecule has 1 aromatic carbocycles. The van der Waals surface area contributed by atoms with Gasteiger partial charge in [0.2, 0.25) is 0 Å². The molecule has 0 unspecified atom stereocenters. The van der Waals surface area contributed by atoms with Gasteiger partial charge in [0, 0.05) is 18.6 Å². The molecule has 1 aliphatic heterocycles. The molecule has 6 nitrogen and oxygen atoms in total. The topological polar surface area (TPSA) is 76.0 Å². The number of carbonyl (C=O) groups is 2. The zero-order valence-corrected chi connectivity index (χ0v) is 15.6. The Morgan fingerprint density at radius 1 is 1.12 bits per heavy atom. The Hall–Kier alpha value is -2.63. The van der Waals surface area contributed by atoms with Crippen LogP contribution in [0.2, 0.25) is 0 Å². The Morgan fingerprint density at radius 3 is 2.54 bits per heavy atom. The lowest BCUT2D eigenvalue weighted by atomic mass is 10.1. The van der Waals surface area contributed by atoms with Crippen molar-refractivity contribution in [1.82, 2.24) is 20.2 Å². The summed E-state index contributed by atoms with van der Waals surface area (Å²) in [4.78, 5) is 29.7. The summed E-state index contributed by atoms with van der Waals surface area (Å²) in [6, 6.07) is 9.75. The third kappa shape index (κ3) is 4.12. The smallest absolute Gasteiger partial charge is 0.287 e. The standard InChI is InChI=1S/C20H26N4O2/c1-20(2,3)23-19(26)17-22-16(15-11-7-8-12-24(15)17)18(25)21-13-14-9-5-4-6-10-14/h4-6,9-10H,7-8,11-13H2,1-3H3,(H,21,25)(H,23,26). The van der Waals surface area contributed by atoms with Gasteiger partial charge in [-0.05, 0) is 45.6 Å². The van der Waals surface area contributed by atoms with Gasteiger partial charge >= 0.3 is 0 Å². The van der Waals surface area contributed by atoms with Crippen molar-refractivity contribution in [2.24, 2.45) is 0 Å². The number of amides is 2. The molecule has 0 bridgehead atoms. The first-order chi connectivity index (χ1) is 12.3. The molecular formula is C20H26N4O2. The van der Waals surface area contributed by atoms with E-state index in [1.807, 2.05) is 55.7 Å². The first kappa shape index (κ1) is 18.2. The first-order valence-corrected chi connectivity index (χ1v) is 9.09. The number of aromatic nitrogens is 2. The van der Waals surface area contributed by atoms with Crippen LogP contribution in [0.5, 0.6) is 0 Å². The third-order valence-corrected chi connectivity index (χ3v) is 4.32. The van der Waals surface area contributed by atoms with E-state index in [4.69, 9.17) is 0 Å². The average Bonchev–Trinajstić information content (AvgIpc) is 2.99. The molecule has 0 saturated carbocycles. The van der Waals surface area contributed by atoms with E-state index in [1.165, 1.54) is 0 Å². The van der Waals surface area contributed by atoms with Crippen LogP contribution in [0.15, 0.2) is 30.3 Å². The highest BCUT2D eigenvalue weighted by Gasteiger charge is 2.28. The maximum atomic E-state index is 12.7. The zero-order valence-electron chi connectivity index (χ0n) is 15.6. The van der Waals surface area contributed by atoms with Crippen molar-refractivity contribution in [1.29, 1.82) is 0 Å². The maximum Gasteiger partial charge on any atom is 0.287 e. The van der Waals surface area contributed by atoms with Crippen molar-refractivity contribution >= 4 is 11.8 Å². The molecule has 0 fully saturated rings. The maximum absolute atomic E-state index is 12.7. The van der Waals surface area contributed by atoms with Crippen molar-refractivity contribution in [2.45, 2.75) is 58.7 Å². The number of rotatable bonds is 4. The second-order valence-corrected chi connectivity index (χ2v) is 7.71. The van der Waals surface area contributed by atoms with E-state index in [0.29, 0.717) is 18.1 Å². The van der Waals surface area contributed by atoms with E-state index in [9.17, 15) is 9.59 Å². The molecule has 1 aliphatic rings. The van der Waals surface area contributed by atoms with E-state index in [-0.39, 0.29) is 17.4 Å². The normalized spacial score (nSPS) is 13.8. The van der Waals surface area contributed by atoms with Crippen LogP contribution in [-0.2, 0) is 19.5 Å². The van der Waals surface area contributed by atoms with Gasteiger partial charge in [-0.25, -0.2) is 4.98 Å². The summed E-state index contributed by atoms with van der Waals surface area (Å²) in [5, 5.41) is 5.86. The second-order valence-electron chi connectivity index (χ2n) is 7.71. The fraction of sp³-hybridized carbons (Fsp3) is 0.450. The van der Waals surface area contributed by atoms with Crippen molar-refractivity contribution in [2.75, 3.05) is 0 Å². The molecule has 0 spiro atoms. The molecule has 1 aromatic heterocycles. The van der Waals surface area contributed by atoms with Gasteiger partial charge in [0.15, 0.2) is 5.82 Å². The Bertz CT molecular complexity index is 803. The number of hydrogen-bond acceptors (Lipinski definition) is 3. The summed E-state index contributed by atoms with van der Waals surface area (Å²) >= 11 is 0. The Kier molecular flexibility index (Phi) is 5.11. The van der Waals surface area contributed by atoms with Crippen LogP contribution in [0.1, 0.15) is 66.0 Å². The van der Waals surface area contributed by atoms with Gasteiger partial charge in [-0.1, -0.05) is 30.3 Å². The van der Waals surface area contributed by atoms with Crippen molar-refractivity contribution in [3.63, 3.8) is 0 Å². The van der Waals surface area contributed by atoms with Crippen LogP contribution in [-0.4, -0.2) is 26.9 Å². The second kappa shape index (κ2) is 7.32. The first-order valence-electron chi connectivity index (χ1n) is 9.09. The van der Waals surface area contributed by atoms with Gasteiger partial charge in [0.05, 0.1) is 5.69 Å². The number of nitrogens with one attached hydrogen (secondary N) is 2. The van der Waals surface area contributed by atoms with E-state index in [1.54, 1.807) is 0 Å². The lowest BCUT2D eigenvalue weighted by molar-refractivity contribution is 0.0903. The summed E-state index contributed by atoms with van der Waals surface area (Å²) in [6.07, 6.45) is 2.76. The van der Waals surface area contributed by atoms with Gasteiger partial charge < -0.3 is 15.2 Å². The average molecular weight is 354 g/mol. The SMILES string of the molecule is CC(C)(C)NC(=O)c1nc(C(=O)NCc2ccccc2)c2n1CCCC2. The predicted octanol–water partition coefficient (Wildman–Crippen LogP) is 2.68. The van der Waals surface area contributed by atoms with E-state index in [0.717, 1.165) is 37.1 Å². The van der Waals surface area contributed by atoms with Gasteiger partial charge in [0.25, 0.3) is 11.8 Å². The van der Waals surface area contributed by atoms with Gasteiger partial charge in [-0.2, -0.15) is 0 Å². The zero-order chi connectivity index (χ0) is 18.7. The predicted molar refractivity (Wildman–Crippen MR) is 100.0 cm³/mol. The number of benzene rings is 1. The van der Waals surface area contributed by atoms with Crippen LogP contribution in [0.3, 0.4) is 0 Å². The minimum Gasteiger partial charge on any atom is -0.347 e. The fourth-order valence-electron chi connectivity index (χ4n) is 3.16. The number of imidazole rings is 1. The minimum absolute atomic E-state index is 0.227. The molecule has 2 aromatic rings. The lowest BCUT2D eigenvalue weighted by Crippen LogP contribution is -2.42. The van der Waals surface area contributed by atoms with Crippen LogP contribution < -0.4 is 10.6 Å². The quantitative estimate of drug-likeness (QED) is 0.886. The molecule has 3 rings (SSSR count). The van der Waals surface area contributed by atoms with Crippen LogP contribution >= 0.6 is 0 Å². The highest BCUT2D eigenvalue weighted by molar-refractivity contribution is 5.97. The molecule has 2 heterocycles. The number of fused-ring (bicyclic) bond motifs is 1. The van der Waals surface area contributed by atoms with Crippen molar-refractivity contribution in [3.05, 3.63) is 53.1 Å². The molecule has 6 heteroatoms. The summed E-state index contributed by atoms with van der Waals surface area (Å²) in [5.74, 6) is -0.128. The third-order valence-electron chi connectivity index (χ3n) is 4.32. The van der Waals surface area contributed by atoms with Crippen LogP contribution in [0, 0.1) is 0 Å². The molecule has 0 aliphatic carbocycles. The van der Waals surface area contributed by atoms with Gasteiger partial charge in [0.1, 0.15) is 5.69 Å². The van der Waals surface area contributed by atoms with Crippen molar-refractivity contribution < 1.29 is 9.59 Å². The van der Waals surface area contributed by atoms with Crippen LogP contribution in [0.4, 0.5) is 0 Å². The monoisotopic (exact) mass is 354 g/mol. The molecule has 0 radical (unpaired) electrons. The molecule has 2 N–H and O–H groups in total.